The molecule has 0 saturated heterocycles. The van der Waals surface area contributed by atoms with Gasteiger partial charge in [0, 0.05) is 32.1 Å². The van der Waals surface area contributed by atoms with Crippen LogP contribution in [0, 0.1) is 16.7 Å². The van der Waals surface area contributed by atoms with E-state index in [1.54, 1.807) is 19.8 Å². The summed E-state index contributed by atoms with van der Waals surface area (Å²) in [5.74, 6) is 3.71. The van der Waals surface area contributed by atoms with Crippen molar-refractivity contribution in [2.45, 2.75) is 156 Å². The molecule has 0 aliphatic heterocycles. The molecule has 2 aromatic carbocycles. The predicted octanol–water partition coefficient (Wildman–Crippen LogP) is 11.4. The molecule has 6 aliphatic rings. The average molecular weight is 723 g/mol. The van der Waals surface area contributed by atoms with Gasteiger partial charge in [-0.25, -0.2) is 0 Å². The van der Waals surface area contributed by atoms with E-state index in [9.17, 15) is 14.4 Å². The molecule has 1 atom stereocenters. The number of methoxy groups -OCH3 is 2. The van der Waals surface area contributed by atoms with Crippen molar-refractivity contribution in [2.75, 3.05) is 14.2 Å². The molecule has 0 heterocycles. The molecule has 8 rings (SSSR count). The molecule has 288 valence electrons. The topological polar surface area (TPSA) is 69.7 Å². The van der Waals surface area contributed by atoms with Crippen LogP contribution < -0.4 is 9.47 Å². The molecule has 1 fully saturated rings. The van der Waals surface area contributed by atoms with Gasteiger partial charge in [0.2, 0.25) is 0 Å². The monoisotopic (exact) mass is 722 g/mol. The number of allylic oxidation sites excluding steroid dienone is 4. The first-order valence-electron chi connectivity index (χ1n) is 20.4. The van der Waals surface area contributed by atoms with Gasteiger partial charge in [0.05, 0.1) is 14.2 Å². The predicted molar refractivity (Wildman–Crippen MR) is 216 cm³/mol. The van der Waals surface area contributed by atoms with Gasteiger partial charge in [0.25, 0.3) is 0 Å². The van der Waals surface area contributed by atoms with Crippen molar-refractivity contribution in [2.24, 2.45) is 16.7 Å². The van der Waals surface area contributed by atoms with Gasteiger partial charge in [-0.15, -0.1) is 0 Å². The summed E-state index contributed by atoms with van der Waals surface area (Å²) in [5, 5.41) is 0. The Balaban J connectivity index is 0.000000136. The third-order valence-corrected chi connectivity index (χ3v) is 13.1. The van der Waals surface area contributed by atoms with Crippen molar-refractivity contribution < 1.29 is 23.9 Å². The van der Waals surface area contributed by atoms with Crippen molar-refractivity contribution in [3.05, 3.63) is 81.4 Å². The fourth-order valence-electron chi connectivity index (χ4n) is 9.87. The van der Waals surface area contributed by atoms with Crippen LogP contribution in [0.3, 0.4) is 0 Å². The molecule has 0 aromatic heterocycles. The first kappa shape index (κ1) is 40.7. The minimum Gasteiger partial charge on any atom is -0.497 e. The van der Waals surface area contributed by atoms with Crippen LogP contribution in [0.15, 0.2) is 59.2 Å². The van der Waals surface area contributed by atoms with Gasteiger partial charge in [-0.1, -0.05) is 70.4 Å². The van der Waals surface area contributed by atoms with E-state index < -0.39 is 0 Å². The van der Waals surface area contributed by atoms with Crippen molar-refractivity contribution >= 4 is 17.3 Å². The molecule has 0 amide bonds. The summed E-state index contributed by atoms with van der Waals surface area (Å²) in [6, 6.07) is 12.4. The van der Waals surface area contributed by atoms with Crippen molar-refractivity contribution in [1.29, 1.82) is 0 Å². The van der Waals surface area contributed by atoms with Crippen LogP contribution in [0.2, 0.25) is 0 Å². The zero-order chi connectivity index (χ0) is 38.4. The molecule has 53 heavy (non-hydrogen) atoms. The van der Waals surface area contributed by atoms with Crippen LogP contribution in [0.1, 0.15) is 154 Å². The Bertz CT molecular complexity index is 1720. The highest BCUT2D eigenvalue weighted by atomic mass is 16.5. The Morgan fingerprint density at radius 2 is 1.21 bits per heavy atom. The molecule has 2 aromatic rings. The Labute approximate surface area is 320 Å². The summed E-state index contributed by atoms with van der Waals surface area (Å²) in [6.45, 7) is 14.0. The van der Waals surface area contributed by atoms with Crippen molar-refractivity contribution in [1.82, 2.24) is 0 Å². The maximum absolute atomic E-state index is 11.3. The summed E-state index contributed by atoms with van der Waals surface area (Å²) in [6.07, 6.45) is 19.9. The lowest BCUT2D eigenvalue weighted by atomic mass is 9.63. The Morgan fingerprint density at radius 3 is 1.94 bits per heavy atom. The van der Waals surface area contributed by atoms with Crippen molar-refractivity contribution in [3.63, 3.8) is 0 Å². The lowest BCUT2D eigenvalue weighted by Gasteiger charge is -2.42. The van der Waals surface area contributed by atoms with Gasteiger partial charge in [-0.3, -0.25) is 14.4 Å². The number of Topliss-reactive ketones (excluding diaryl/α,β-unsaturated/α-hetero) is 2. The Kier molecular flexibility index (Phi) is 13.3. The van der Waals surface area contributed by atoms with Gasteiger partial charge in [0.15, 0.2) is 5.78 Å². The molecule has 5 nitrogen and oxygen atoms in total. The van der Waals surface area contributed by atoms with Crippen LogP contribution in [0.25, 0.3) is 0 Å². The zero-order valence-corrected chi connectivity index (χ0v) is 34.2. The number of benzene rings is 2. The quantitative estimate of drug-likeness (QED) is 0.289. The highest BCUT2D eigenvalue weighted by Gasteiger charge is 2.37. The Hall–Kier alpha value is -3.47. The standard InChI is InChI=1S/C13H18O.2C12H18O.C11H12O2/c1-13(2)8-4-5-10-9-11(14-3)6-7-12(10)13;2*1-12(2)7-3-4-9-8-10(13)5-6-11(9)12;1-13-11-5-3-8-6-10(12)4-2-9(8)7-11/h6-7,9H,4-5,8H2,1-3H3;3-8H2,1-2H3;8,11H,3-7H2,1-2H3;3,5,7H,2,4,6H2,1H3. The number of hydrogen-bond donors (Lipinski definition) is 0. The molecule has 1 saturated carbocycles. The van der Waals surface area contributed by atoms with Gasteiger partial charge in [0.1, 0.15) is 23.1 Å². The number of ketones is 3. The summed E-state index contributed by atoms with van der Waals surface area (Å²) in [5.41, 5.74) is 11.1. The van der Waals surface area contributed by atoms with E-state index in [1.165, 1.54) is 85.6 Å². The van der Waals surface area contributed by atoms with Crippen LogP contribution in [-0.2, 0) is 39.1 Å². The minimum absolute atomic E-state index is 0.345. The molecule has 0 bridgehead atoms. The first-order chi connectivity index (χ1) is 25.1. The van der Waals surface area contributed by atoms with E-state index >= 15 is 0 Å². The second-order valence-corrected chi connectivity index (χ2v) is 18.3. The maximum Gasteiger partial charge on any atom is 0.155 e. The number of carbonyl (C=O) groups excluding carboxylic acids is 3. The lowest BCUT2D eigenvalue weighted by Crippen LogP contribution is -2.32. The smallest absolute Gasteiger partial charge is 0.155 e. The lowest BCUT2D eigenvalue weighted by molar-refractivity contribution is -0.119. The summed E-state index contributed by atoms with van der Waals surface area (Å²) < 4.78 is 10.4. The summed E-state index contributed by atoms with van der Waals surface area (Å²) >= 11 is 0. The van der Waals surface area contributed by atoms with Gasteiger partial charge in [-0.05, 0) is 152 Å². The highest BCUT2D eigenvalue weighted by molar-refractivity contribution is 5.91. The van der Waals surface area contributed by atoms with Crippen molar-refractivity contribution in [3.8, 4) is 11.5 Å². The van der Waals surface area contributed by atoms with Gasteiger partial charge in [-0.2, -0.15) is 0 Å². The number of carbonyl (C=O) groups is 3. The molecule has 1 unspecified atom stereocenters. The second-order valence-electron chi connectivity index (χ2n) is 18.3. The minimum atomic E-state index is 0.345. The third-order valence-electron chi connectivity index (χ3n) is 13.1. The van der Waals surface area contributed by atoms with Crippen LogP contribution >= 0.6 is 0 Å². The van der Waals surface area contributed by atoms with Crippen LogP contribution in [-0.4, -0.2) is 31.6 Å². The molecule has 0 spiro atoms. The molecule has 6 aliphatic carbocycles. The fourth-order valence-corrected chi connectivity index (χ4v) is 9.87. The molecule has 0 radical (unpaired) electrons. The van der Waals surface area contributed by atoms with E-state index in [0.29, 0.717) is 52.4 Å². The number of fused-ring (bicyclic) bond motifs is 3. The number of hydrogen-bond acceptors (Lipinski definition) is 5. The summed E-state index contributed by atoms with van der Waals surface area (Å²) in [4.78, 5) is 33.7. The molecule has 5 heteroatoms. The number of aryl methyl sites for hydroxylation is 2. The third kappa shape index (κ3) is 10.4. The maximum atomic E-state index is 11.3. The van der Waals surface area contributed by atoms with E-state index in [1.807, 2.05) is 24.3 Å². The van der Waals surface area contributed by atoms with E-state index in [2.05, 4.69) is 59.7 Å². The zero-order valence-electron chi connectivity index (χ0n) is 34.2. The second kappa shape index (κ2) is 17.3. The van der Waals surface area contributed by atoms with E-state index in [-0.39, 0.29) is 0 Å². The molecular weight excluding hydrogens is 657 g/mol. The van der Waals surface area contributed by atoms with Gasteiger partial charge >= 0.3 is 0 Å². The number of rotatable bonds is 2. The first-order valence-corrected chi connectivity index (χ1v) is 20.4. The normalized spacial score (nSPS) is 23.4. The molecular formula is C48H66O5. The summed E-state index contributed by atoms with van der Waals surface area (Å²) in [7, 11) is 3.39. The average Bonchev–Trinajstić information content (AvgIpc) is 3.11. The SMILES string of the molecule is CC1(C)CCCC2=C1CCC(=O)C2.CC1(C)CCCC2=CC(=O)CCC21.COc1ccc2c(c1)CCC(=O)C2.COc1ccc2c(c1)CCCC2(C)C. The van der Waals surface area contributed by atoms with E-state index in [0.717, 1.165) is 55.6 Å². The Morgan fingerprint density at radius 1 is 0.585 bits per heavy atom. The van der Waals surface area contributed by atoms with E-state index in [4.69, 9.17) is 9.47 Å². The fraction of sp³-hybridized carbons (Fsp3) is 0.604. The van der Waals surface area contributed by atoms with Gasteiger partial charge < -0.3 is 9.47 Å². The van der Waals surface area contributed by atoms with Crippen LogP contribution in [0.5, 0.6) is 11.5 Å². The molecule has 0 N–H and O–H groups in total. The number of ether oxygens (including phenoxy) is 2. The highest BCUT2D eigenvalue weighted by Crippen LogP contribution is 2.48. The largest absolute Gasteiger partial charge is 0.497 e. The van der Waals surface area contributed by atoms with Crippen LogP contribution in [0.4, 0.5) is 0 Å².